The van der Waals surface area contributed by atoms with Gasteiger partial charge in [-0.2, -0.15) is 0 Å². The molecule has 1 atom stereocenters. The van der Waals surface area contributed by atoms with Gasteiger partial charge in [-0.1, -0.05) is 26.7 Å². The minimum atomic E-state index is -0.227. The normalized spacial score (nSPS) is 16.2. The molecule has 1 fully saturated rings. The van der Waals surface area contributed by atoms with Crippen molar-refractivity contribution in [2.75, 3.05) is 0 Å². The molecular formula is C19H28N6O. The number of carbonyl (C=O) groups is 1. The van der Waals surface area contributed by atoms with E-state index < -0.39 is 0 Å². The van der Waals surface area contributed by atoms with E-state index in [2.05, 4.69) is 43.9 Å². The second-order valence-electron chi connectivity index (χ2n) is 7.62. The molecule has 7 heteroatoms. The van der Waals surface area contributed by atoms with Gasteiger partial charge in [0.25, 0.3) is 5.91 Å². The monoisotopic (exact) mass is 356 g/mol. The van der Waals surface area contributed by atoms with E-state index in [4.69, 9.17) is 0 Å². The van der Waals surface area contributed by atoms with Crippen LogP contribution in [0.3, 0.4) is 0 Å². The van der Waals surface area contributed by atoms with Gasteiger partial charge in [-0.25, -0.2) is 9.97 Å². The van der Waals surface area contributed by atoms with Crippen molar-refractivity contribution in [2.24, 2.45) is 5.92 Å². The molecule has 3 rings (SSSR count). The summed E-state index contributed by atoms with van der Waals surface area (Å²) in [4.78, 5) is 21.5. The van der Waals surface area contributed by atoms with E-state index >= 15 is 0 Å². The fraction of sp³-hybridized carbons (Fsp3) is 0.632. The van der Waals surface area contributed by atoms with Gasteiger partial charge < -0.3 is 9.88 Å². The van der Waals surface area contributed by atoms with Crippen molar-refractivity contribution >= 4 is 5.91 Å². The van der Waals surface area contributed by atoms with Gasteiger partial charge >= 0.3 is 0 Å². The molecule has 0 aliphatic heterocycles. The van der Waals surface area contributed by atoms with Crippen LogP contribution in [0.25, 0.3) is 0 Å². The molecule has 1 saturated carbocycles. The van der Waals surface area contributed by atoms with Crippen molar-refractivity contribution in [3.63, 3.8) is 0 Å². The molecule has 0 saturated heterocycles. The maximum Gasteiger partial charge on any atom is 0.270 e. The third kappa shape index (κ3) is 4.26. The van der Waals surface area contributed by atoms with E-state index in [1.807, 2.05) is 13.8 Å². The number of rotatable bonds is 6. The summed E-state index contributed by atoms with van der Waals surface area (Å²) in [5, 5.41) is 11.3. The van der Waals surface area contributed by atoms with Crippen molar-refractivity contribution in [2.45, 2.75) is 71.9 Å². The van der Waals surface area contributed by atoms with Gasteiger partial charge in [0.2, 0.25) is 0 Å². The van der Waals surface area contributed by atoms with Gasteiger partial charge in [0.15, 0.2) is 5.82 Å². The second kappa shape index (κ2) is 7.93. The van der Waals surface area contributed by atoms with Crippen LogP contribution in [0.2, 0.25) is 0 Å². The maximum atomic E-state index is 12.7. The molecule has 0 radical (unpaired) electrons. The predicted octanol–water partition coefficient (Wildman–Crippen LogP) is 3.18. The third-order valence-electron chi connectivity index (χ3n) is 4.79. The summed E-state index contributed by atoms with van der Waals surface area (Å²) in [6, 6.07) is 2.00. The van der Waals surface area contributed by atoms with Crippen LogP contribution in [0.1, 0.15) is 86.4 Å². The smallest absolute Gasteiger partial charge is 0.270 e. The van der Waals surface area contributed by atoms with Crippen LogP contribution in [0.4, 0.5) is 0 Å². The molecular weight excluding hydrogens is 328 g/mol. The Kier molecular flexibility index (Phi) is 5.64. The number of aryl methyl sites for hydroxylation is 1. The summed E-state index contributed by atoms with van der Waals surface area (Å²) in [6.45, 7) is 8.03. The van der Waals surface area contributed by atoms with Crippen molar-refractivity contribution in [1.29, 1.82) is 0 Å². The van der Waals surface area contributed by atoms with Crippen molar-refractivity contribution in [3.05, 3.63) is 35.4 Å². The highest BCUT2D eigenvalue weighted by Gasteiger charge is 2.24. The molecule has 140 valence electrons. The molecule has 0 spiro atoms. The highest BCUT2D eigenvalue weighted by Crippen LogP contribution is 2.31. The molecule has 1 aliphatic rings. The molecule has 1 N–H and O–H groups in total. The van der Waals surface area contributed by atoms with E-state index in [1.165, 1.54) is 12.8 Å². The third-order valence-corrected chi connectivity index (χ3v) is 4.79. The van der Waals surface area contributed by atoms with Gasteiger partial charge in [-0.15, -0.1) is 10.2 Å². The Bertz CT molecular complexity index is 763. The fourth-order valence-electron chi connectivity index (χ4n) is 3.63. The summed E-state index contributed by atoms with van der Waals surface area (Å²) in [6.07, 6.45) is 7.38. The Labute approximate surface area is 154 Å². The number of carbonyl (C=O) groups excluding carboxylic acids is 1. The van der Waals surface area contributed by atoms with Crippen LogP contribution in [0.5, 0.6) is 0 Å². The summed E-state index contributed by atoms with van der Waals surface area (Å²) < 4.78 is 2.12. The lowest BCUT2D eigenvalue weighted by Crippen LogP contribution is -2.30. The number of amides is 1. The van der Waals surface area contributed by atoms with Gasteiger partial charge in [-0.05, 0) is 45.1 Å². The lowest BCUT2D eigenvalue weighted by molar-refractivity contribution is 0.0931. The first-order valence-electron chi connectivity index (χ1n) is 9.49. The molecule has 2 heterocycles. The quantitative estimate of drug-likeness (QED) is 0.859. The lowest BCUT2D eigenvalue weighted by Gasteiger charge is -2.18. The van der Waals surface area contributed by atoms with Gasteiger partial charge in [0.05, 0.1) is 6.04 Å². The Morgan fingerprint density at radius 3 is 2.69 bits per heavy atom. The summed E-state index contributed by atoms with van der Waals surface area (Å²) in [7, 11) is 0. The van der Waals surface area contributed by atoms with E-state index in [0.29, 0.717) is 23.5 Å². The molecule has 26 heavy (non-hydrogen) atoms. The Hall–Kier alpha value is -2.31. The maximum absolute atomic E-state index is 12.7. The number of hydrogen-bond acceptors (Lipinski definition) is 5. The minimum absolute atomic E-state index is 0.200. The number of nitrogens with zero attached hydrogens (tertiary/aromatic N) is 5. The minimum Gasteiger partial charge on any atom is -0.341 e. The zero-order valence-corrected chi connectivity index (χ0v) is 16.1. The summed E-state index contributed by atoms with van der Waals surface area (Å²) in [5.41, 5.74) is 1.31. The first-order chi connectivity index (χ1) is 12.4. The van der Waals surface area contributed by atoms with Crippen molar-refractivity contribution in [1.82, 2.24) is 30.0 Å². The van der Waals surface area contributed by atoms with Crippen LogP contribution in [0.15, 0.2) is 12.4 Å². The molecule has 1 amide bonds. The number of nitrogens with one attached hydrogen (secondary N) is 1. The molecule has 2 aromatic heterocycles. The SMILES string of the molecule is Cc1nc(CC(C)C)cc(C(=O)NC(C)c2nncn2C2CCCC2)n1. The van der Waals surface area contributed by atoms with Crippen LogP contribution in [-0.4, -0.2) is 30.6 Å². The van der Waals surface area contributed by atoms with E-state index in [9.17, 15) is 4.79 Å². The summed E-state index contributed by atoms with van der Waals surface area (Å²) >= 11 is 0. The average molecular weight is 356 g/mol. The molecule has 0 bridgehead atoms. The van der Waals surface area contributed by atoms with E-state index in [-0.39, 0.29) is 11.9 Å². The molecule has 0 aromatic carbocycles. The highest BCUT2D eigenvalue weighted by molar-refractivity contribution is 5.92. The van der Waals surface area contributed by atoms with Gasteiger partial charge in [0.1, 0.15) is 17.8 Å². The fourth-order valence-corrected chi connectivity index (χ4v) is 3.63. The second-order valence-corrected chi connectivity index (χ2v) is 7.62. The molecule has 1 unspecified atom stereocenters. The standard InChI is InChI=1S/C19H28N6O/c1-12(2)9-15-10-17(23-14(4)22-15)19(26)21-13(3)18-24-20-11-25(18)16-7-5-6-8-16/h10-13,16H,5-9H2,1-4H3,(H,21,26). The first-order valence-corrected chi connectivity index (χ1v) is 9.49. The Morgan fingerprint density at radius 2 is 2.00 bits per heavy atom. The highest BCUT2D eigenvalue weighted by atomic mass is 16.1. The zero-order valence-electron chi connectivity index (χ0n) is 16.1. The predicted molar refractivity (Wildman–Crippen MR) is 98.7 cm³/mol. The zero-order chi connectivity index (χ0) is 18.7. The number of aromatic nitrogens is 5. The van der Waals surface area contributed by atoms with E-state index in [0.717, 1.165) is 30.8 Å². The molecule has 1 aliphatic carbocycles. The van der Waals surface area contributed by atoms with Gasteiger partial charge in [-0.3, -0.25) is 4.79 Å². The van der Waals surface area contributed by atoms with Gasteiger partial charge in [0, 0.05) is 11.7 Å². The molecule has 7 nitrogen and oxygen atoms in total. The Morgan fingerprint density at radius 1 is 1.27 bits per heavy atom. The lowest BCUT2D eigenvalue weighted by atomic mass is 10.1. The molecule has 2 aromatic rings. The average Bonchev–Trinajstić information content (AvgIpc) is 3.24. The van der Waals surface area contributed by atoms with Crippen LogP contribution < -0.4 is 5.32 Å². The van der Waals surface area contributed by atoms with Crippen LogP contribution >= 0.6 is 0 Å². The largest absolute Gasteiger partial charge is 0.341 e. The number of hydrogen-bond donors (Lipinski definition) is 1. The summed E-state index contributed by atoms with van der Waals surface area (Å²) in [5.74, 6) is 1.70. The van der Waals surface area contributed by atoms with Crippen molar-refractivity contribution in [3.8, 4) is 0 Å². The topological polar surface area (TPSA) is 85.6 Å². The van der Waals surface area contributed by atoms with E-state index in [1.54, 1.807) is 12.4 Å². The van der Waals surface area contributed by atoms with Crippen LogP contribution in [0, 0.1) is 12.8 Å². The van der Waals surface area contributed by atoms with Crippen LogP contribution in [-0.2, 0) is 6.42 Å². The van der Waals surface area contributed by atoms with Crippen molar-refractivity contribution < 1.29 is 4.79 Å². The first kappa shape index (κ1) is 18.5. The Balaban J connectivity index is 1.74.